The molecule has 2 aliphatic rings. The Bertz CT molecular complexity index is 612. The van der Waals surface area contributed by atoms with E-state index in [-0.39, 0.29) is 0 Å². The van der Waals surface area contributed by atoms with Crippen LogP contribution in [0.2, 0.25) is 0 Å². The molecule has 6 heteroatoms. The lowest BCUT2D eigenvalue weighted by atomic mass is 9.99. The number of hydrogen-bond donors (Lipinski definition) is 1. The van der Waals surface area contributed by atoms with Crippen LogP contribution in [0.15, 0.2) is 29.3 Å². The molecule has 150 valence electrons. The van der Waals surface area contributed by atoms with Gasteiger partial charge in [0.05, 0.1) is 7.11 Å². The Kier molecular flexibility index (Phi) is 7.21. The van der Waals surface area contributed by atoms with Crippen LogP contribution < -0.4 is 15.0 Å². The minimum Gasteiger partial charge on any atom is -0.497 e. The van der Waals surface area contributed by atoms with Crippen molar-refractivity contribution >= 4 is 11.6 Å². The molecule has 1 unspecified atom stereocenters. The number of hydrogen-bond acceptors (Lipinski definition) is 4. The zero-order chi connectivity index (χ0) is 19.1. The van der Waals surface area contributed by atoms with E-state index in [1.54, 1.807) is 7.11 Å². The minimum atomic E-state index is 0.690. The molecule has 0 bridgehead atoms. The van der Waals surface area contributed by atoms with E-state index in [2.05, 4.69) is 52.2 Å². The van der Waals surface area contributed by atoms with E-state index < -0.39 is 0 Å². The summed E-state index contributed by atoms with van der Waals surface area (Å²) < 4.78 is 5.36. The maximum absolute atomic E-state index is 5.36. The third kappa shape index (κ3) is 5.51. The molecule has 0 aliphatic carbocycles. The van der Waals surface area contributed by atoms with Gasteiger partial charge < -0.3 is 24.8 Å². The van der Waals surface area contributed by atoms with Crippen LogP contribution >= 0.6 is 0 Å². The zero-order valence-electron chi connectivity index (χ0n) is 17.2. The number of ether oxygens (including phenoxy) is 1. The Balaban J connectivity index is 1.56. The van der Waals surface area contributed by atoms with E-state index in [9.17, 15) is 0 Å². The predicted molar refractivity (Wildman–Crippen MR) is 113 cm³/mol. The average molecular weight is 374 g/mol. The minimum absolute atomic E-state index is 0.690. The Hall–Kier alpha value is -1.95. The molecule has 27 heavy (non-hydrogen) atoms. The van der Waals surface area contributed by atoms with Gasteiger partial charge in [-0.05, 0) is 51.4 Å². The monoisotopic (exact) mass is 373 g/mol. The molecule has 3 rings (SSSR count). The normalized spacial score (nSPS) is 22.0. The fraction of sp³-hybridized carbons (Fsp3) is 0.667. The van der Waals surface area contributed by atoms with Crippen LogP contribution in [-0.4, -0.2) is 82.3 Å². The van der Waals surface area contributed by atoms with Gasteiger partial charge in [0.1, 0.15) is 5.75 Å². The zero-order valence-corrected chi connectivity index (χ0v) is 17.2. The maximum Gasteiger partial charge on any atom is 0.194 e. The van der Waals surface area contributed by atoms with Crippen LogP contribution in [0.5, 0.6) is 5.75 Å². The van der Waals surface area contributed by atoms with Crippen molar-refractivity contribution in [2.24, 2.45) is 10.9 Å². The van der Waals surface area contributed by atoms with Crippen molar-refractivity contribution in [2.45, 2.75) is 19.8 Å². The lowest BCUT2D eigenvalue weighted by Gasteiger charge is -2.38. The number of rotatable bonds is 5. The van der Waals surface area contributed by atoms with Gasteiger partial charge in [0.15, 0.2) is 5.96 Å². The number of benzene rings is 1. The standard InChI is InChI=1S/C21H35N5O/c1-4-22-21(23-16-18-7-6-10-24(2)17-18)26-13-11-25(12-14-26)19-8-5-9-20(15-19)27-3/h5,8-9,15,18H,4,6-7,10-14,16-17H2,1-3H3,(H,22,23). The highest BCUT2D eigenvalue weighted by Crippen LogP contribution is 2.22. The van der Waals surface area contributed by atoms with E-state index in [0.717, 1.165) is 51.0 Å². The van der Waals surface area contributed by atoms with Crippen LogP contribution in [0.3, 0.4) is 0 Å². The van der Waals surface area contributed by atoms with Crippen LogP contribution in [0.4, 0.5) is 5.69 Å². The van der Waals surface area contributed by atoms with Gasteiger partial charge >= 0.3 is 0 Å². The number of methoxy groups -OCH3 is 1. The van der Waals surface area contributed by atoms with Gasteiger partial charge in [-0.2, -0.15) is 0 Å². The highest BCUT2D eigenvalue weighted by Gasteiger charge is 2.21. The summed E-state index contributed by atoms with van der Waals surface area (Å²) in [7, 11) is 3.94. The van der Waals surface area contributed by atoms with Crippen LogP contribution in [0.25, 0.3) is 0 Å². The molecule has 1 atom stereocenters. The van der Waals surface area contributed by atoms with Crippen molar-refractivity contribution in [1.82, 2.24) is 15.1 Å². The van der Waals surface area contributed by atoms with Gasteiger partial charge in [-0.25, -0.2) is 0 Å². The average Bonchev–Trinajstić information content (AvgIpc) is 2.71. The van der Waals surface area contributed by atoms with Crippen LogP contribution in [0.1, 0.15) is 19.8 Å². The summed E-state index contributed by atoms with van der Waals surface area (Å²) in [6.07, 6.45) is 2.60. The number of piperidine rings is 1. The second-order valence-corrected chi connectivity index (χ2v) is 7.64. The number of aliphatic imine (C=N–C) groups is 1. The van der Waals surface area contributed by atoms with E-state index >= 15 is 0 Å². The fourth-order valence-corrected chi connectivity index (χ4v) is 4.05. The molecule has 0 spiro atoms. The predicted octanol–water partition coefficient (Wildman–Crippen LogP) is 2.12. The third-order valence-electron chi connectivity index (χ3n) is 5.55. The van der Waals surface area contributed by atoms with Gasteiger partial charge in [0, 0.05) is 57.6 Å². The molecular formula is C21H35N5O. The quantitative estimate of drug-likeness (QED) is 0.633. The largest absolute Gasteiger partial charge is 0.497 e. The lowest BCUT2D eigenvalue weighted by Crippen LogP contribution is -2.52. The molecule has 2 heterocycles. The Morgan fingerprint density at radius 3 is 2.74 bits per heavy atom. The van der Waals surface area contributed by atoms with Gasteiger partial charge in [-0.15, -0.1) is 0 Å². The molecular weight excluding hydrogens is 338 g/mol. The SMILES string of the molecule is CCNC(=NCC1CCCN(C)C1)N1CCN(c2cccc(OC)c2)CC1. The Morgan fingerprint density at radius 1 is 1.22 bits per heavy atom. The number of piperazine rings is 1. The summed E-state index contributed by atoms with van der Waals surface area (Å²) in [4.78, 5) is 12.3. The highest BCUT2D eigenvalue weighted by atomic mass is 16.5. The molecule has 2 fully saturated rings. The van der Waals surface area contributed by atoms with Crippen LogP contribution in [0, 0.1) is 5.92 Å². The first kappa shape index (κ1) is 19.8. The number of guanidine groups is 1. The van der Waals surface area contributed by atoms with Crippen molar-refractivity contribution < 1.29 is 4.74 Å². The molecule has 6 nitrogen and oxygen atoms in total. The topological polar surface area (TPSA) is 43.3 Å². The van der Waals surface area contributed by atoms with E-state index in [4.69, 9.17) is 9.73 Å². The highest BCUT2D eigenvalue weighted by molar-refractivity contribution is 5.80. The smallest absolute Gasteiger partial charge is 0.194 e. The van der Waals surface area contributed by atoms with Gasteiger partial charge in [-0.1, -0.05) is 6.07 Å². The number of likely N-dealkylation sites (tertiary alicyclic amines) is 1. The number of nitrogens with zero attached hydrogens (tertiary/aromatic N) is 4. The first-order valence-electron chi connectivity index (χ1n) is 10.3. The summed E-state index contributed by atoms with van der Waals surface area (Å²) in [5.41, 5.74) is 1.24. The summed E-state index contributed by atoms with van der Waals surface area (Å²) in [5, 5.41) is 3.50. The van der Waals surface area contributed by atoms with Crippen molar-refractivity contribution in [1.29, 1.82) is 0 Å². The van der Waals surface area contributed by atoms with Crippen molar-refractivity contribution in [3.05, 3.63) is 24.3 Å². The molecule has 1 aromatic rings. The molecule has 1 aromatic carbocycles. The van der Waals surface area contributed by atoms with Gasteiger partial charge in [0.25, 0.3) is 0 Å². The Labute approximate surface area is 164 Å². The Morgan fingerprint density at radius 2 is 2.04 bits per heavy atom. The van der Waals surface area contributed by atoms with E-state index in [1.807, 2.05) is 6.07 Å². The first-order chi connectivity index (χ1) is 13.2. The molecule has 1 N–H and O–H groups in total. The maximum atomic E-state index is 5.36. The molecule has 0 aromatic heterocycles. The first-order valence-corrected chi connectivity index (χ1v) is 10.3. The summed E-state index contributed by atoms with van der Waals surface area (Å²) >= 11 is 0. The summed E-state index contributed by atoms with van der Waals surface area (Å²) in [5.74, 6) is 2.69. The van der Waals surface area contributed by atoms with Gasteiger partial charge in [0.2, 0.25) is 0 Å². The van der Waals surface area contributed by atoms with Crippen molar-refractivity contribution in [2.75, 3.05) is 71.4 Å². The molecule has 2 saturated heterocycles. The lowest BCUT2D eigenvalue weighted by molar-refractivity contribution is 0.214. The molecule has 0 radical (unpaired) electrons. The molecule has 0 saturated carbocycles. The molecule has 0 amide bonds. The van der Waals surface area contributed by atoms with Crippen molar-refractivity contribution in [3.8, 4) is 5.75 Å². The number of anilines is 1. The van der Waals surface area contributed by atoms with Crippen molar-refractivity contribution in [3.63, 3.8) is 0 Å². The van der Waals surface area contributed by atoms with E-state index in [0.29, 0.717) is 5.92 Å². The third-order valence-corrected chi connectivity index (χ3v) is 5.55. The van der Waals surface area contributed by atoms with E-state index in [1.165, 1.54) is 31.6 Å². The molecule has 2 aliphatic heterocycles. The fourth-order valence-electron chi connectivity index (χ4n) is 4.05. The summed E-state index contributed by atoms with van der Waals surface area (Å²) in [6, 6.07) is 8.34. The second kappa shape index (κ2) is 9.83. The van der Waals surface area contributed by atoms with Gasteiger partial charge in [-0.3, -0.25) is 4.99 Å². The second-order valence-electron chi connectivity index (χ2n) is 7.64. The summed E-state index contributed by atoms with van der Waals surface area (Å²) in [6.45, 7) is 10.4. The van der Waals surface area contributed by atoms with Crippen LogP contribution in [-0.2, 0) is 0 Å². The number of nitrogens with one attached hydrogen (secondary N) is 1.